The van der Waals surface area contributed by atoms with Crippen molar-refractivity contribution >= 4 is 11.8 Å². The molecule has 2 aromatic rings. The molecular weight excluding hydrogens is 354 g/mol. The van der Waals surface area contributed by atoms with E-state index in [1.165, 1.54) is 0 Å². The highest BCUT2D eigenvalue weighted by atomic mass is 16.5. The zero-order valence-corrected chi connectivity index (χ0v) is 15.9. The van der Waals surface area contributed by atoms with Crippen LogP contribution in [-0.4, -0.2) is 58.9 Å². The van der Waals surface area contributed by atoms with E-state index < -0.39 is 0 Å². The van der Waals surface area contributed by atoms with Gasteiger partial charge in [-0.3, -0.25) is 14.6 Å². The molecule has 146 valence electrons. The van der Waals surface area contributed by atoms with E-state index in [0.29, 0.717) is 24.2 Å². The Kier molecular flexibility index (Phi) is 5.55. The van der Waals surface area contributed by atoms with Crippen molar-refractivity contribution in [3.63, 3.8) is 0 Å². The predicted molar refractivity (Wildman–Crippen MR) is 105 cm³/mol. The lowest BCUT2D eigenvalue weighted by atomic mass is 10.1. The van der Waals surface area contributed by atoms with E-state index in [0.717, 1.165) is 44.5 Å². The minimum absolute atomic E-state index is 0.0244. The topological polar surface area (TPSA) is 62.7 Å². The summed E-state index contributed by atoms with van der Waals surface area (Å²) in [6, 6.07) is 11.0. The van der Waals surface area contributed by atoms with Crippen LogP contribution in [-0.2, 0) is 0 Å². The van der Waals surface area contributed by atoms with Gasteiger partial charge in [-0.2, -0.15) is 0 Å². The number of benzene rings is 1. The van der Waals surface area contributed by atoms with Crippen molar-refractivity contribution in [1.29, 1.82) is 0 Å². The van der Waals surface area contributed by atoms with Crippen LogP contribution in [0.3, 0.4) is 0 Å². The second-order valence-corrected chi connectivity index (χ2v) is 7.37. The number of likely N-dealkylation sites (tertiary alicyclic amines) is 2. The van der Waals surface area contributed by atoms with Crippen LogP contribution in [0.4, 0.5) is 0 Å². The summed E-state index contributed by atoms with van der Waals surface area (Å²) >= 11 is 0. The zero-order chi connectivity index (χ0) is 19.3. The van der Waals surface area contributed by atoms with Gasteiger partial charge in [-0.25, -0.2) is 0 Å². The van der Waals surface area contributed by atoms with E-state index in [4.69, 9.17) is 4.74 Å². The number of carbonyl (C=O) groups excluding carboxylic acids is 2. The van der Waals surface area contributed by atoms with Crippen LogP contribution in [0.2, 0.25) is 0 Å². The number of ether oxygens (including phenoxy) is 1. The monoisotopic (exact) mass is 379 g/mol. The minimum atomic E-state index is 0.0244. The highest BCUT2D eigenvalue weighted by Crippen LogP contribution is 2.22. The lowest BCUT2D eigenvalue weighted by Crippen LogP contribution is -2.41. The number of hydrogen-bond donors (Lipinski definition) is 0. The molecular formula is C22H25N3O3. The molecule has 4 rings (SSSR count). The third-order valence-electron chi connectivity index (χ3n) is 5.43. The van der Waals surface area contributed by atoms with Gasteiger partial charge in [0.25, 0.3) is 11.8 Å². The Morgan fingerprint density at radius 3 is 2.14 bits per heavy atom. The molecule has 0 spiro atoms. The molecule has 2 fully saturated rings. The van der Waals surface area contributed by atoms with Crippen LogP contribution in [0.25, 0.3) is 0 Å². The molecule has 0 atom stereocenters. The first-order valence-corrected chi connectivity index (χ1v) is 9.96. The standard InChI is InChI=1S/C22H25N3O3/c26-21(24-12-1-2-13-24)17-5-7-19(8-6-17)28-20-9-14-25(15-10-20)22(27)18-4-3-11-23-16-18/h3-8,11,16,20H,1-2,9-10,12-15H2. The van der Waals surface area contributed by atoms with Gasteiger partial charge in [-0.1, -0.05) is 0 Å². The van der Waals surface area contributed by atoms with Gasteiger partial charge in [-0.15, -0.1) is 0 Å². The highest BCUT2D eigenvalue weighted by Gasteiger charge is 2.25. The van der Waals surface area contributed by atoms with E-state index in [-0.39, 0.29) is 17.9 Å². The smallest absolute Gasteiger partial charge is 0.255 e. The van der Waals surface area contributed by atoms with Gasteiger partial charge in [0, 0.05) is 57.0 Å². The van der Waals surface area contributed by atoms with Crippen LogP contribution >= 0.6 is 0 Å². The molecule has 6 nitrogen and oxygen atoms in total. The summed E-state index contributed by atoms with van der Waals surface area (Å²) in [5.41, 5.74) is 1.34. The lowest BCUT2D eigenvalue weighted by Gasteiger charge is -2.32. The van der Waals surface area contributed by atoms with Gasteiger partial charge in [0.15, 0.2) is 0 Å². The minimum Gasteiger partial charge on any atom is -0.490 e. The molecule has 2 saturated heterocycles. The van der Waals surface area contributed by atoms with E-state index in [9.17, 15) is 9.59 Å². The summed E-state index contributed by atoms with van der Waals surface area (Å²) < 4.78 is 6.07. The average molecular weight is 379 g/mol. The maximum absolute atomic E-state index is 12.5. The van der Waals surface area contributed by atoms with Crippen LogP contribution in [0, 0.1) is 0 Å². The largest absolute Gasteiger partial charge is 0.490 e. The summed E-state index contributed by atoms with van der Waals surface area (Å²) in [5, 5.41) is 0. The second kappa shape index (κ2) is 8.42. The summed E-state index contributed by atoms with van der Waals surface area (Å²) in [5.74, 6) is 0.901. The Balaban J connectivity index is 1.29. The molecule has 2 aliphatic rings. The van der Waals surface area contributed by atoms with Crippen molar-refractivity contribution in [3.05, 3.63) is 59.9 Å². The molecule has 1 aromatic carbocycles. The van der Waals surface area contributed by atoms with Crippen molar-refractivity contribution in [2.75, 3.05) is 26.2 Å². The molecule has 3 heterocycles. The van der Waals surface area contributed by atoms with E-state index >= 15 is 0 Å². The number of carbonyl (C=O) groups is 2. The molecule has 1 aromatic heterocycles. The SMILES string of the molecule is O=C(c1ccc(OC2CCN(C(=O)c3cccnc3)CC2)cc1)N1CCCC1. The number of pyridine rings is 1. The number of rotatable bonds is 4. The second-order valence-electron chi connectivity index (χ2n) is 7.37. The quantitative estimate of drug-likeness (QED) is 0.819. The van der Waals surface area contributed by atoms with Crippen molar-refractivity contribution in [2.24, 2.45) is 0 Å². The molecule has 2 aliphatic heterocycles. The zero-order valence-electron chi connectivity index (χ0n) is 15.9. The number of hydrogen-bond acceptors (Lipinski definition) is 4. The Morgan fingerprint density at radius 1 is 0.857 bits per heavy atom. The Labute approximate surface area is 165 Å². The lowest BCUT2D eigenvalue weighted by molar-refractivity contribution is 0.0595. The Morgan fingerprint density at radius 2 is 1.50 bits per heavy atom. The summed E-state index contributed by atoms with van der Waals surface area (Å²) in [7, 11) is 0. The van der Waals surface area contributed by atoms with Gasteiger partial charge in [-0.05, 0) is 49.2 Å². The summed E-state index contributed by atoms with van der Waals surface area (Å²) in [4.78, 5) is 32.7. The number of amides is 2. The predicted octanol–water partition coefficient (Wildman–Crippen LogP) is 3.00. The first kappa shape index (κ1) is 18.5. The van der Waals surface area contributed by atoms with Crippen LogP contribution in [0.1, 0.15) is 46.4 Å². The first-order chi connectivity index (χ1) is 13.7. The maximum atomic E-state index is 12.5. The number of piperidine rings is 1. The van der Waals surface area contributed by atoms with Crippen molar-refractivity contribution in [2.45, 2.75) is 31.8 Å². The van der Waals surface area contributed by atoms with Crippen LogP contribution < -0.4 is 4.74 Å². The van der Waals surface area contributed by atoms with Gasteiger partial charge < -0.3 is 14.5 Å². The van der Waals surface area contributed by atoms with Gasteiger partial charge in [0.1, 0.15) is 11.9 Å². The van der Waals surface area contributed by atoms with Gasteiger partial charge in [0.05, 0.1) is 5.56 Å². The van der Waals surface area contributed by atoms with E-state index in [1.807, 2.05) is 34.1 Å². The fourth-order valence-corrected chi connectivity index (χ4v) is 3.82. The Hall–Kier alpha value is -2.89. The van der Waals surface area contributed by atoms with Crippen molar-refractivity contribution in [3.8, 4) is 5.75 Å². The summed E-state index contributed by atoms with van der Waals surface area (Å²) in [6.45, 7) is 3.05. The normalized spacial score (nSPS) is 17.6. The van der Waals surface area contributed by atoms with Crippen molar-refractivity contribution < 1.29 is 14.3 Å². The van der Waals surface area contributed by atoms with Crippen molar-refractivity contribution in [1.82, 2.24) is 14.8 Å². The molecule has 28 heavy (non-hydrogen) atoms. The molecule has 0 unspecified atom stereocenters. The molecule has 6 heteroatoms. The van der Waals surface area contributed by atoms with Gasteiger partial charge >= 0.3 is 0 Å². The molecule has 0 radical (unpaired) electrons. The Bertz CT molecular complexity index is 809. The van der Waals surface area contributed by atoms with Crippen LogP contribution in [0.5, 0.6) is 5.75 Å². The fourth-order valence-electron chi connectivity index (χ4n) is 3.82. The molecule has 0 saturated carbocycles. The van der Waals surface area contributed by atoms with Crippen LogP contribution in [0.15, 0.2) is 48.8 Å². The fraction of sp³-hybridized carbons (Fsp3) is 0.409. The maximum Gasteiger partial charge on any atom is 0.255 e. The summed E-state index contributed by atoms with van der Waals surface area (Å²) in [6.07, 6.45) is 7.12. The first-order valence-electron chi connectivity index (χ1n) is 9.96. The van der Waals surface area contributed by atoms with E-state index in [1.54, 1.807) is 24.5 Å². The third-order valence-corrected chi connectivity index (χ3v) is 5.43. The van der Waals surface area contributed by atoms with E-state index in [2.05, 4.69) is 4.98 Å². The molecule has 2 amide bonds. The third kappa shape index (κ3) is 4.16. The number of nitrogens with zero attached hydrogens (tertiary/aromatic N) is 3. The molecule has 0 N–H and O–H groups in total. The number of aromatic nitrogens is 1. The average Bonchev–Trinajstić information content (AvgIpc) is 3.29. The van der Waals surface area contributed by atoms with Gasteiger partial charge in [0.2, 0.25) is 0 Å². The molecule has 0 aliphatic carbocycles. The highest BCUT2D eigenvalue weighted by molar-refractivity contribution is 5.94. The molecule has 0 bridgehead atoms.